The van der Waals surface area contributed by atoms with Crippen molar-refractivity contribution in [3.8, 4) is 17.2 Å². The van der Waals surface area contributed by atoms with Gasteiger partial charge in [-0.3, -0.25) is 4.79 Å². The Morgan fingerprint density at radius 1 is 1.00 bits per heavy atom. The number of fused-ring (bicyclic) bond motifs is 1. The van der Waals surface area contributed by atoms with Crippen molar-refractivity contribution in [2.45, 2.75) is 6.10 Å². The molecule has 1 saturated heterocycles. The molecule has 0 saturated carbocycles. The van der Waals surface area contributed by atoms with E-state index in [-0.39, 0.29) is 17.8 Å². The van der Waals surface area contributed by atoms with Gasteiger partial charge in [-0.25, -0.2) is 0 Å². The molecule has 5 heteroatoms. The van der Waals surface area contributed by atoms with Crippen LogP contribution in [0.2, 0.25) is 0 Å². The molecule has 5 nitrogen and oxygen atoms in total. The molecule has 1 fully saturated rings. The molecular formula is C21H19NO4. The first kappa shape index (κ1) is 16.3. The number of likely N-dealkylation sites (tertiary alicyclic amines) is 1. The Kier molecular flexibility index (Phi) is 4.13. The molecule has 26 heavy (non-hydrogen) atoms. The summed E-state index contributed by atoms with van der Waals surface area (Å²) in [7, 11) is 1.60. The molecule has 0 atom stereocenters. The van der Waals surface area contributed by atoms with Crippen LogP contribution in [0.15, 0.2) is 60.7 Å². The highest BCUT2D eigenvalue weighted by atomic mass is 16.5. The van der Waals surface area contributed by atoms with E-state index >= 15 is 0 Å². The van der Waals surface area contributed by atoms with Crippen LogP contribution >= 0.6 is 0 Å². The van der Waals surface area contributed by atoms with Crippen molar-refractivity contribution in [2.24, 2.45) is 0 Å². The van der Waals surface area contributed by atoms with Gasteiger partial charge in [-0.05, 0) is 35.0 Å². The number of para-hydroxylation sites is 2. The van der Waals surface area contributed by atoms with Gasteiger partial charge in [-0.1, -0.05) is 36.4 Å². The highest BCUT2D eigenvalue weighted by molar-refractivity contribution is 6.01. The Balaban J connectivity index is 1.46. The van der Waals surface area contributed by atoms with E-state index in [9.17, 15) is 9.90 Å². The predicted octanol–water partition coefficient (Wildman–Crippen LogP) is 3.46. The van der Waals surface area contributed by atoms with Gasteiger partial charge in [0.2, 0.25) is 0 Å². The zero-order valence-electron chi connectivity index (χ0n) is 14.4. The van der Waals surface area contributed by atoms with E-state index in [1.54, 1.807) is 24.1 Å². The molecule has 3 aromatic carbocycles. The van der Waals surface area contributed by atoms with E-state index in [1.807, 2.05) is 48.5 Å². The molecule has 0 spiro atoms. The Bertz CT molecular complexity index is 963. The van der Waals surface area contributed by atoms with E-state index in [4.69, 9.17) is 9.47 Å². The van der Waals surface area contributed by atoms with Gasteiger partial charge in [0, 0.05) is 0 Å². The summed E-state index contributed by atoms with van der Waals surface area (Å²) in [6.45, 7) is 0.951. The third kappa shape index (κ3) is 2.92. The van der Waals surface area contributed by atoms with Crippen molar-refractivity contribution in [1.29, 1.82) is 0 Å². The van der Waals surface area contributed by atoms with Crippen molar-refractivity contribution in [2.75, 3.05) is 20.2 Å². The second-order valence-corrected chi connectivity index (χ2v) is 6.32. The van der Waals surface area contributed by atoms with Crippen LogP contribution in [0, 0.1) is 0 Å². The quantitative estimate of drug-likeness (QED) is 0.784. The van der Waals surface area contributed by atoms with E-state index in [0.717, 1.165) is 10.8 Å². The maximum absolute atomic E-state index is 12.7. The van der Waals surface area contributed by atoms with Crippen LogP contribution in [0.25, 0.3) is 10.8 Å². The Morgan fingerprint density at radius 2 is 1.62 bits per heavy atom. The van der Waals surface area contributed by atoms with Gasteiger partial charge in [-0.15, -0.1) is 0 Å². The number of hydrogen-bond acceptors (Lipinski definition) is 4. The molecule has 1 aliphatic rings. The minimum atomic E-state index is -0.187. The number of ether oxygens (including phenoxy) is 2. The van der Waals surface area contributed by atoms with Crippen molar-refractivity contribution >= 4 is 16.7 Å². The van der Waals surface area contributed by atoms with Gasteiger partial charge < -0.3 is 19.5 Å². The van der Waals surface area contributed by atoms with Crippen molar-refractivity contribution in [3.05, 3.63) is 66.2 Å². The normalized spacial score (nSPS) is 14.1. The number of carbonyl (C=O) groups excluding carboxylic acids is 1. The lowest BCUT2D eigenvalue weighted by Gasteiger charge is -2.39. The van der Waals surface area contributed by atoms with Crippen LogP contribution in [-0.4, -0.2) is 42.2 Å². The first-order chi connectivity index (χ1) is 12.7. The predicted molar refractivity (Wildman–Crippen MR) is 98.9 cm³/mol. The third-order valence-electron chi connectivity index (χ3n) is 4.59. The molecule has 4 rings (SSSR count). The van der Waals surface area contributed by atoms with Gasteiger partial charge >= 0.3 is 0 Å². The lowest BCUT2D eigenvalue weighted by Crippen LogP contribution is -2.56. The first-order valence-electron chi connectivity index (χ1n) is 8.46. The van der Waals surface area contributed by atoms with Crippen LogP contribution < -0.4 is 9.47 Å². The lowest BCUT2D eigenvalue weighted by molar-refractivity contribution is 0.0167. The van der Waals surface area contributed by atoms with Crippen LogP contribution in [0.5, 0.6) is 17.2 Å². The highest BCUT2D eigenvalue weighted by Gasteiger charge is 2.34. The first-order valence-corrected chi connectivity index (χ1v) is 8.46. The lowest BCUT2D eigenvalue weighted by atomic mass is 10.0. The number of phenols is 1. The molecule has 1 amide bonds. The molecule has 0 bridgehead atoms. The molecule has 0 unspecified atom stereocenters. The minimum Gasteiger partial charge on any atom is -0.507 e. The molecule has 1 heterocycles. The molecule has 0 radical (unpaired) electrons. The number of benzene rings is 3. The Labute approximate surface area is 151 Å². The zero-order valence-corrected chi connectivity index (χ0v) is 14.4. The number of methoxy groups -OCH3 is 1. The topological polar surface area (TPSA) is 59.0 Å². The van der Waals surface area contributed by atoms with Crippen LogP contribution in [0.1, 0.15) is 10.4 Å². The summed E-state index contributed by atoms with van der Waals surface area (Å²) >= 11 is 0. The zero-order chi connectivity index (χ0) is 18.1. The maximum Gasteiger partial charge on any atom is 0.257 e. The summed E-state index contributed by atoms with van der Waals surface area (Å²) in [6, 6.07) is 18.5. The van der Waals surface area contributed by atoms with Gasteiger partial charge in [-0.2, -0.15) is 0 Å². The number of amides is 1. The number of phenolic OH excluding ortho intramolecular Hbond substituents is 1. The number of nitrogens with zero attached hydrogens (tertiary/aromatic N) is 1. The summed E-state index contributed by atoms with van der Waals surface area (Å²) < 4.78 is 11.2. The van der Waals surface area contributed by atoms with Crippen molar-refractivity contribution in [1.82, 2.24) is 4.90 Å². The molecule has 0 aromatic heterocycles. The van der Waals surface area contributed by atoms with Gasteiger partial charge in [0.1, 0.15) is 11.9 Å². The summed E-state index contributed by atoms with van der Waals surface area (Å²) in [4.78, 5) is 14.4. The number of carbonyl (C=O) groups is 1. The van der Waals surface area contributed by atoms with E-state index in [1.165, 1.54) is 0 Å². The van der Waals surface area contributed by atoms with Gasteiger partial charge in [0.15, 0.2) is 11.5 Å². The number of hydrogen-bond donors (Lipinski definition) is 1. The Hall–Kier alpha value is -3.21. The largest absolute Gasteiger partial charge is 0.507 e. The third-order valence-corrected chi connectivity index (χ3v) is 4.59. The fourth-order valence-corrected chi connectivity index (χ4v) is 3.14. The highest BCUT2D eigenvalue weighted by Crippen LogP contribution is 2.31. The number of rotatable bonds is 4. The smallest absolute Gasteiger partial charge is 0.257 e. The molecule has 1 aliphatic heterocycles. The summed E-state index contributed by atoms with van der Waals surface area (Å²) in [5.41, 5.74) is 0.319. The average Bonchev–Trinajstić information content (AvgIpc) is 2.63. The van der Waals surface area contributed by atoms with Crippen LogP contribution in [0.4, 0.5) is 0 Å². The Morgan fingerprint density at radius 3 is 2.31 bits per heavy atom. The summed E-state index contributed by atoms with van der Waals surface area (Å²) in [6.07, 6.45) is -0.0853. The van der Waals surface area contributed by atoms with E-state index in [0.29, 0.717) is 30.2 Å². The monoisotopic (exact) mass is 349 g/mol. The average molecular weight is 349 g/mol. The van der Waals surface area contributed by atoms with Gasteiger partial charge in [0.05, 0.1) is 25.8 Å². The summed E-state index contributed by atoms with van der Waals surface area (Å²) in [5.74, 6) is 1.15. The van der Waals surface area contributed by atoms with Gasteiger partial charge in [0.25, 0.3) is 5.91 Å². The maximum atomic E-state index is 12.7. The van der Waals surface area contributed by atoms with E-state index in [2.05, 4.69) is 0 Å². The molecular weight excluding hydrogens is 330 g/mol. The second-order valence-electron chi connectivity index (χ2n) is 6.32. The standard InChI is InChI=1S/C21H19NO4/c1-25-19-8-4-5-9-20(19)26-16-12-22(13-16)21(24)17-10-14-6-2-3-7-15(14)11-18(17)23/h2-11,16,23H,12-13H2,1H3. The van der Waals surface area contributed by atoms with Crippen LogP contribution in [0.3, 0.4) is 0 Å². The van der Waals surface area contributed by atoms with Crippen LogP contribution in [-0.2, 0) is 0 Å². The summed E-state index contributed by atoms with van der Waals surface area (Å²) in [5, 5.41) is 12.1. The molecule has 1 N–H and O–H groups in total. The van der Waals surface area contributed by atoms with Crippen molar-refractivity contribution < 1.29 is 19.4 Å². The molecule has 0 aliphatic carbocycles. The SMILES string of the molecule is COc1ccccc1OC1CN(C(=O)c2cc3ccccc3cc2O)C1. The number of aromatic hydroxyl groups is 1. The van der Waals surface area contributed by atoms with E-state index < -0.39 is 0 Å². The second kappa shape index (κ2) is 6.59. The van der Waals surface area contributed by atoms with Crippen molar-refractivity contribution in [3.63, 3.8) is 0 Å². The molecule has 132 valence electrons. The molecule has 3 aromatic rings. The minimum absolute atomic E-state index is 0.00259. The fourth-order valence-electron chi connectivity index (χ4n) is 3.14. The fraction of sp³-hybridized carbons (Fsp3) is 0.190.